The van der Waals surface area contributed by atoms with Gasteiger partial charge in [0, 0.05) is 24.7 Å². The van der Waals surface area contributed by atoms with Crippen molar-refractivity contribution >= 4 is 11.8 Å². The summed E-state index contributed by atoms with van der Waals surface area (Å²) in [7, 11) is 4.17. The van der Waals surface area contributed by atoms with Gasteiger partial charge in [0.2, 0.25) is 5.95 Å². The van der Waals surface area contributed by atoms with Gasteiger partial charge in [-0.1, -0.05) is 6.07 Å². The summed E-state index contributed by atoms with van der Waals surface area (Å²) in [6.45, 7) is 2.61. The highest BCUT2D eigenvalue weighted by Gasteiger charge is 2.26. The van der Waals surface area contributed by atoms with Gasteiger partial charge in [0.05, 0.1) is 17.9 Å². The minimum absolute atomic E-state index is 0.603. The van der Waals surface area contributed by atoms with Gasteiger partial charge in [0.1, 0.15) is 5.82 Å². The van der Waals surface area contributed by atoms with Crippen molar-refractivity contribution in [1.29, 1.82) is 0 Å². The Morgan fingerprint density at radius 1 is 1.17 bits per heavy atom. The van der Waals surface area contributed by atoms with Crippen LogP contribution in [0.1, 0.15) is 36.6 Å². The summed E-state index contributed by atoms with van der Waals surface area (Å²) >= 11 is 0. The summed E-state index contributed by atoms with van der Waals surface area (Å²) in [6, 6.07) is 8.01. The Balaban J connectivity index is 1.62. The maximum atomic E-state index is 4.68. The first-order valence-electron chi connectivity index (χ1n) is 8.62. The average Bonchev–Trinajstić information content (AvgIpc) is 3.43. The van der Waals surface area contributed by atoms with Crippen molar-refractivity contribution in [3.8, 4) is 0 Å². The fourth-order valence-electron chi connectivity index (χ4n) is 2.50. The van der Waals surface area contributed by atoms with E-state index >= 15 is 0 Å². The molecule has 2 aromatic heterocycles. The van der Waals surface area contributed by atoms with E-state index in [-0.39, 0.29) is 0 Å². The summed E-state index contributed by atoms with van der Waals surface area (Å²) in [6.07, 6.45) is 5.35. The molecule has 2 aromatic rings. The third kappa shape index (κ3) is 5.16. The minimum atomic E-state index is 0.603. The Hall–Kier alpha value is -2.21. The van der Waals surface area contributed by atoms with E-state index in [1.54, 1.807) is 0 Å². The second kappa shape index (κ2) is 8.06. The number of nitrogens with zero attached hydrogens (tertiary/aromatic N) is 4. The van der Waals surface area contributed by atoms with Crippen LogP contribution in [0.4, 0.5) is 11.8 Å². The summed E-state index contributed by atoms with van der Waals surface area (Å²) in [5.41, 5.74) is 2.15. The van der Waals surface area contributed by atoms with Gasteiger partial charge in [-0.05, 0) is 52.0 Å². The van der Waals surface area contributed by atoms with Crippen molar-refractivity contribution in [2.45, 2.75) is 31.7 Å². The number of anilines is 2. The molecule has 0 amide bonds. The monoisotopic (exact) mass is 326 g/mol. The van der Waals surface area contributed by atoms with Gasteiger partial charge in [-0.3, -0.25) is 4.98 Å². The zero-order chi connectivity index (χ0) is 16.8. The minimum Gasteiger partial charge on any atom is -0.364 e. The van der Waals surface area contributed by atoms with Crippen LogP contribution < -0.4 is 10.6 Å². The maximum Gasteiger partial charge on any atom is 0.224 e. The lowest BCUT2D eigenvalue weighted by Gasteiger charge is -2.12. The molecular formula is C18H26N6. The van der Waals surface area contributed by atoms with Crippen LogP contribution in [0.3, 0.4) is 0 Å². The van der Waals surface area contributed by atoms with Crippen molar-refractivity contribution in [2.24, 2.45) is 0 Å². The van der Waals surface area contributed by atoms with Crippen LogP contribution in [0.5, 0.6) is 0 Å². The molecule has 24 heavy (non-hydrogen) atoms. The molecule has 0 aliphatic heterocycles. The molecule has 1 aliphatic rings. The van der Waals surface area contributed by atoms with Crippen molar-refractivity contribution in [3.63, 3.8) is 0 Å². The Kier molecular flexibility index (Phi) is 5.59. The first kappa shape index (κ1) is 16.6. The molecule has 0 aromatic carbocycles. The molecule has 6 heteroatoms. The van der Waals surface area contributed by atoms with Gasteiger partial charge in [-0.2, -0.15) is 4.98 Å². The number of nitrogens with one attached hydrogen (secondary N) is 2. The lowest BCUT2D eigenvalue weighted by atomic mass is 10.2. The third-order valence-corrected chi connectivity index (χ3v) is 3.98. The molecule has 0 saturated heterocycles. The van der Waals surface area contributed by atoms with Gasteiger partial charge >= 0.3 is 0 Å². The second-order valence-electron chi connectivity index (χ2n) is 6.53. The molecular weight excluding hydrogens is 300 g/mol. The van der Waals surface area contributed by atoms with Gasteiger partial charge in [-0.25, -0.2) is 4.98 Å². The maximum absolute atomic E-state index is 4.68. The van der Waals surface area contributed by atoms with Gasteiger partial charge in [0.15, 0.2) is 0 Å². The Labute approximate surface area is 143 Å². The molecule has 3 rings (SSSR count). The van der Waals surface area contributed by atoms with Gasteiger partial charge in [-0.15, -0.1) is 0 Å². The zero-order valence-corrected chi connectivity index (χ0v) is 14.5. The van der Waals surface area contributed by atoms with Crippen LogP contribution >= 0.6 is 0 Å². The Morgan fingerprint density at radius 2 is 2.04 bits per heavy atom. The van der Waals surface area contributed by atoms with E-state index in [0.717, 1.165) is 42.7 Å². The van der Waals surface area contributed by atoms with Crippen LogP contribution in [0, 0.1) is 0 Å². The Bertz CT molecular complexity index is 639. The van der Waals surface area contributed by atoms with E-state index < -0.39 is 0 Å². The molecule has 1 aliphatic carbocycles. The van der Waals surface area contributed by atoms with Crippen LogP contribution in [0.25, 0.3) is 0 Å². The second-order valence-corrected chi connectivity index (χ2v) is 6.53. The highest BCUT2D eigenvalue weighted by Crippen LogP contribution is 2.39. The summed E-state index contributed by atoms with van der Waals surface area (Å²) in [5.74, 6) is 2.19. The largest absolute Gasteiger partial charge is 0.364 e. The fourth-order valence-corrected chi connectivity index (χ4v) is 2.50. The number of hydrogen-bond donors (Lipinski definition) is 2. The fraction of sp³-hybridized carbons (Fsp3) is 0.500. The molecule has 0 spiro atoms. The molecule has 2 N–H and O–H groups in total. The molecule has 2 heterocycles. The molecule has 0 atom stereocenters. The molecule has 128 valence electrons. The predicted octanol–water partition coefficient (Wildman–Crippen LogP) is 2.72. The first-order valence-corrected chi connectivity index (χ1v) is 8.62. The lowest BCUT2D eigenvalue weighted by molar-refractivity contribution is 0.405. The van der Waals surface area contributed by atoms with Crippen LogP contribution in [0.15, 0.2) is 30.5 Å². The SMILES string of the molecule is CN(C)CCCNc1nc(NCc2ccccn2)cc(C2CC2)n1. The van der Waals surface area contributed by atoms with Crippen molar-refractivity contribution in [1.82, 2.24) is 19.9 Å². The molecule has 1 fully saturated rings. The molecule has 0 unspecified atom stereocenters. The van der Waals surface area contributed by atoms with Gasteiger partial charge < -0.3 is 15.5 Å². The van der Waals surface area contributed by atoms with Crippen molar-refractivity contribution in [2.75, 3.05) is 37.8 Å². The Morgan fingerprint density at radius 3 is 2.75 bits per heavy atom. The highest BCUT2D eigenvalue weighted by atomic mass is 15.1. The highest BCUT2D eigenvalue weighted by molar-refractivity contribution is 5.44. The summed E-state index contributed by atoms with van der Waals surface area (Å²) < 4.78 is 0. The molecule has 0 bridgehead atoms. The van der Waals surface area contributed by atoms with E-state index in [1.807, 2.05) is 24.4 Å². The van der Waals surface area contributed by atoms with E-state index in [1.165, 1.54) is 12.8 Å². The number of hydrogen-bond acceptors (Lipinski definition) is 6. The lowest BCUT2D eigenvalue weighted by Crippen LogP contribution is -2.17. The topological polar surface area (TPSA) is 66.0 Å². The van der Waals surface area contributed by atoms with Crippen LogP contribution in [-0.4, -0.2) is 47.0 Å². The van der Waals surface area contributed by atoms with E-state index in [4.69, 9.17) is 0 Å². The van der Waals surface area contributed by atoms with E-state index in [0.29, 0.717) is 12.5 Å². The van der Waals surface area contributed by atoms with Crippen LogP contribution in [-0.2, 0) is 6.54 Å². The third-order valence-electron chi connectivity index (χ3n) is 3.98. The molecule has 0 radical (unpaired) electrons. The normalized spacial score (nSPS) is 14.0. The summed E-state index contributed by atoms with van der Waals surface area (Å²) in [4.78, 5) is 15.8. The molecule has 6 nitrogen and oxygen atoms in total. The van der Waals surface area contributed by atoms with E-state index in [9.17, 15) is 0 Å². The predicted molar refractivity (Wildman–Crippen MR) is 97.2 cm³/mol. The number of aromatic nitrogens is 3. The molecule has 1 saturated carbocycles. The quantitative estimate of drug-likeness (QED) is 0.691. The standard InChI is InChI=1S/C18H26N6/c1-24(2)11-5-10-20-18-22-16(14-7-8-14)12-17(23-18)21-13-15-6-3-4-9-19-15/h3-4,6,9,12,14H,5,7-8,10-11,13H2,1-2H3,(H2,20,21,22,23). The average molecular weight is 326 g/mol. The van der Waals surface area contributed by atoms with Gasteiger partial charge in [0.25, 0.3) is 0 Å². The smallest absolute Gasteiger partial charge is 0.224 e. The number of rotatable bonds is 9. The first-order chi connectivity index (χ1) is 11.7. The zero-order valence-electron chi connectivity index (χ0n) is 14.5. The number of pyridine rings is 1. The van der Waals surface area contributed by atoms with E-state index in [2.05, 4.69) is 50.6 Å². The van der Waals surface area contributed by atoms with Crippen molar-refractivity contribution < 1.29 is 0 Å². The van der Waals surface area contributed by atoms with Crippen molar-refractivity contribution in [3.05, 3.63) is 41.9 Å². The van der Waals surface area contributed by atoms with Crippen LogP contribution in [0.2, 0.25) is 0 Å². The summed E-state index contributed by atoms with van der Waals surface area (Å²) in [5, 5.41) is 6.73.